The smallest absolute Gasteiger partial charge is 0.322 e. The highest BCUT2D eigenvalue weighted by molar-refractivity contribution is 6.32. The van der Waals surface area contributed by atoms with Gasteiger partial charge in [0.05, 0.1) is 24.9 Å². The molecule has 1 heterocycles. The average Bonchev–Trinajstić information content (AvgIpc) is 2.56. The summed E-state index contributed by atoms with van der Waals surface area (Å²) >= 11 is 6.07. The maximum Gasteiger partial charge on any atom is 0.322 e. The number of nitrogens with one attached hydrogen (secondary N) is 1. The molecular weight excluding hydrogens is 318 g/mol. The molecule has 0 aliphatic carbocycles. The van der Waals surface area contributed by atoms with E-state index in [4.69, 9.17) is 21.1 Å². The first-order valence-electron chi connectivity index (χ1n) is 7.39. The molecule has 7 heteroatoms. The second kappa shape index (κ2) is 8.08. The number of hydrogen-bond acceptors (Lipinski definition) is 4. The molecule has 0 saturated carbocycles. The summed E-state index contributed by atoms with van der Waals surface area (Å²) in [5.74, 6) is 0.980. The van der Waals surface area contributed by atoms with Gasteiger partial charge in [0.25, 0.3) is 0 Å². The number of hydrogen-bond donors (Lipinski definition) is 1. The molecule has 0 unspecified atom stereocenters. The van der Waals surface area contributed by atoms with Crippen LogP contribution in [0.5, 0.6) is 11.5 Å². The molecule has 1 N–H and O–H groups in total. The lowest BCUT2D eigenvalue weighted by Crippen LogP contribution is -2.49. The quantitative estimate of drug-likeness (QED) is 0.838. The van der Waals surface area contributed by atoms with Crippen molar-refractivity contribution in [1.82, 2.24) is 9.80 Å². The van der Waals surface area contributed by atoms with Gasteiger partial charge in [0.1, 0.15) is 11.5 Å². The third-order valence-electron chi connectivity index (χ3n) is 3.76. The fraction of sp³-hybridized carbons (Fsp3) is 0.438. The largest absolute Gasteiger partial charge is 0.495 e. The molecule has 1 aromatic rings. The van der Waals surface area contributed by atoms with Crippen LogP contribution in [0.1, 0.15) is 0 Å². The number of carbonyl (C=O) groups excluding carboxylic acids is 1. The number of anilines is 1. The Balaban J connectivity index is 2.04. The standard InChI is InChI=1S/C16H22ClN3O3/c1-4-5-19-6-8-20(9-7-19)16(21)18-13-11-14(22-2)12(17)10-15(13)23-3/h4,10-11H,1,5-9H2,2-3H3,(H,18,21). The van der Waals surface area contributed by atoms with E-state index in [1.807, 2.05) is 6.08 Å². The molecule has 2 amide bonds. The van der Waals surface area contributed by atoms with Crippen molar-refractivity contribution < 1.29 is 14.3 Å². The fourth-order valence-electron chi connectivity index (χ4n) is 2.47. The van der Waals surface area contributed by atoms with Gasteiger partial charge in [-0.15, -0.1) is 6.58 Å². The minimum Gasteiger partial charge on any atom is -0.495 e. The van der Waals surface area contributed by atoms with Crippen molar-refractivity contribution in [2.45, 2.75) is 0 Å². The normalized spacial score (nSPS) is 15.2. The second-order valence-corrected chi connectivity index (χ2v) is 5.60. The highest BCUT2D eigenvalue weighted by Gasteiger charge is 2.21. The Morgan fingerprint density at radius 1 is 1.26 bits per heavy atom. The average molecular weight is 340 g/mol. The summed E-state index contributed by atoms with van der Waals surface area (Å²) in [6.07, 6.45) is 1.88. The Morgan fingerprint density at radius 3 is 2.48 bits per heavy atom. The molecule has 1 fully saturated rings. The van der Waals surface area contributed by atoms with E-state index in [-0.39, 0.29) is 6.03 Å². The van der Waals surface area contributed by atoms with Crippen molar-refractivity contribution in [2.75, 3.05) is 52.3 Å². The lowest BCUT2D eigenvalue weighted by Gasteiger charge is -2.34. The molecule has 0 atom stereocenters. The van der Waals surface area contributed by atoms with E-state index in [0.29, 0.717) is 35.3 Å². The molecule has 0 bridgehead atoms. The first-order valence-corrected chi connectivity index (χ1v) is 7.77. The maximum absolute atomic E-state index is 12.4. The van der Waals surface area contributed by atoms with E-state index < -0.39 is 0 Å². The van der Waals surface area contributed by atoms with E-state index in [0.717, 1.165) is 19.6 Å². The van der Waals surface area contributed by atoms with Gasteiger partial charge in [0, 0.05) is 44.9 Å². The predicted octanol–water partition coefficient (Wildman–Crippen LogP) is 2.69. The second-order valence-electron chi connectivity index (χ2n) is 5.19. The minimum atomic E-state index is -0.161. The Hall–Kier alpha value is -1.92. The van der Waals surface area contributed by atoms with Crippen LogP contribution in [0.3, 0.4) is 0 Å². The molecule has 1 aromatic carbocycles. The number of ether oxygens (including phenoxy) is 2. The van der Waals surface area contributed by atoms with Crippen LogP contribution in [0.2, 0.25) is 5.02 Å². The number of nitrogens with zero attached hydrogens (tertiary/aromatic N) is 2. The number of amides is 2. The summed E-state index contributed by atoms with van der Waals surface area (Å²) in [5.41, 5.74) is 0.535. The van der Waals surface area contributed by atoms with Crippen LogP contribution in [-0.4, -0.2) is 62.8 Å². The molecule has 126 valence electrons. The Kier molecular flexibility index (Phi) is 6.12. The molecule has 23 heavy (non-hydrogen) atoms. The van der Waals surface area contributed by atoms with Gasteiger partial charge in [-0.25, -0.2) is 4.79 Å². The van der Waals surface area contributed by atoms with Gasteiger partial charge in [-0.1, -0.05) is 17.7 Å². The number of urea groups is 1. The summed E-state index contributed by atoms with van der Waals surface area (Å²) in [7, 11) is 3.06. The minimum absolute atomic E-state index is 0.161. The van der Waals surface area contributed by atoms with Crippen LogP contribution in [0, 0.1) is 0 Å². The summed E-state index contributed by atoms with van der Waals surface area (Å²) in [6.45, 7) is 7.60. The third-order valence-corrected chi connectivity index (χ3v) is 4.06. The van der Waals surface area contributed by atoms with Crippen molar-refractivity contribution >= 4 is 23.3 Å². The van der Waals surface area contributed by atoms with Gasteiger partial charge < -0.3 is 19.7 Å². The number of halogens is 1. The van der Waals surface area contributed by atoms with Crippen molar-refractivity contribution in [3.05, 3.63) is 29.8 Å². The Bertz CT molecular complexity index is 572. The van der Waals surface area contributed by atoms with Crippen LogP contribution < -0.4 is 14.8 Å². The SMILES string of the molecule is C=CCN1CCN(C(=O)Nc2cc(OC)c(Cl)cc2OC)CC1. The van der Waals surface area contributed by atoms with Gasteiger partial charge in [0.15, 0.2) is 0 Å². The Morgan fingerprint density at radius 2 is 1.91 bits per heavy atom. The molecule has 6 nitrogen and oxygen atoms in total. The van der Waals surface area contributed by atoms with Gasteiger partial charge in [-0.2, -0.15) is 0 Å². The zero-order valence-electron chi connectivity index (χ0n) is 13.5. The van der Waals surface area contributed by atoms with Crippen LogP contribution >= 0.6 is 11.6 Å². The maximum atomic E-state index is 12.4. The highest BCUT2D eigenvalue weighted by atomic mass is 35.5. The number of piperazine rings is 1. The summed E-state index contributed by atoms with van der Waals surface area (Å²) in [6, 6.07) is 3.12. The van der Waals surface area contributed by atoms with E-state index in [2.05, 4.69) is 16.8 Å². The molecule has 0 spiro atoms. The third kappa shape index (κ3) is 4.30. The summed E-state index contributed by atoms with van der Waals surface area (Å²) in [4.78, 5) is 16.5. The fourth-order valence-corrected chi connectivity index (χ4v) is 2.70. The molecule has 0 aromatic heterocycles. The van der Waals surface area contributed by atoms with Crippen LogP contribution in [0.4, 0.5) is 10.5 Å². The molecule has 2 rings (SSSR count). The first-order chi connectivity index (χ1) is 11.1. The number of methoxy groups -OCH3 is 2. The van der Waals surface area contributed by atoms with Crippen LogP contribution in [-0.2, 0) is 0 Å². The molecule has 1 saturated heterocycles. The van der Waals surface area contributed by atoms with Gasteiger partial charge in [0.2, 0.25) is 0 Å². The molecule has 0 radical (unpaired) electrons. The Labute approximate surface area is 141 Å². The number of carbonyl (C=O) groups is 1. The lowest BCUT2D eigenvalue weighted by molar-refractivity contribution is 0.155. The van der Waals surface area contributed by atoms with E-state index in [9.17, 15) is 4.79 Å². The van der Waals surface area contributed by atoms with Gasteiger partial charge in [-0.3, -0.25) is 4.90 Å². The lowest BCUT2D eigenvalue weighted by atomic mass is 10.2. The van der Waals surface area contributed by atoms with E-state index >= 15 is 0 Å². The predicted molar refractivity (Wildman–Crippen MR) is 91.8 cm³/mol. The van der Waals surface area contributed by atoms with Crippen molar-refractivity contribution in [3.8, 4) is 11.5 Å². The van der Waals surface area contributed by atoms with Gasteiger partial charge >= 0.3 is 6.03 Å². The molecular formula is C16H22ClN3O3. The van der Waals surface area contributed by atoms with E-state index in [1.54, 1.807) is 17.0 Å². The summed E-state index contributed by atoms with van der Waals surface area (Å²) < 4.78 is 10.5. The van der Waals surface area contributed by atoms with Crippen LogP contribution in [0.15, 0.2) is 24.8 Å². The zero-order chi connectivity index (χ0) is 16.8. The highest BCUT2D eigenvalue weighted by Crippen LogP contribution is 2.36. The number of rotatable bonds is 5. The van der Waals surface area contributed by atoms with Crippen molar-refractivity contribution in [1.29, 1.82) is 0 Å². The van der Waals surface area contributed by atoms with E-state index in [1.165, 1.54) is 14.2 Å². The van der Waals surface area contributed by atoms with Crippen molar-refractivity contribution in [3.63, 3.8) is 0 Å². The van der Waals surface area contributed by atoms with Gasteiger partial charge in [-0.05, 0) is 0 Å². The molecule has 1 aliphatic heterocycles. The molecule has 1 aliphatic rings. The van der Waals surface area contributed by atoms with Crippen LogP contribution in [0.25, 0.3) is 0 Å². The first kappa shape index (κ1) is 17.4. The van der Waals surface area contributed by atoms with Crippen molar-refractivity contribution in [2.24, 2.45) is 0 Å². The monoisotopic (exact) mass is 339 g/mol. The topological polar surface area (TPSA) is 54.0 Å². The zero-order valence-corrected chi connectivity index (χ0v) is 14.2. The summed E-state index contributed by atoms with van der Waals surface area (Å²) in [5, 5.41) is 3.30. The number of benzene rings is 1.